The smallest absolute Gasteiger partial charge is 0.249 e. The highest BCUT2D eigenvalue weighted by molar-refractivity contribution is 5.97. The molecule has 0 saturated carbocycles. The Morgan fingerprint density at radius 2 is 1.72 bits per heavy atom. The van der Waals surface area contributed by atoms with E-state index in [1.165, 1.54) is 0 Å². The van der Waals surface area contributed by atoms with Crippen molar-refractivity contribution in [2.45, 2.75) is 25.5 Å². The topological polar surface area (TPSA) is 58.6 Å². The number of ether oxygens (including phenoxy) is 1. The van der Waals surface area contributed by atoms with Crippen molar-refractivity contribution in [2.24, 2.45) is 0 Å². The minimum absolute atomic E-state index is 0.0412. The molecule has 2 aromatic carbocycles. The fraction of sp³-hybridized carbons (Fsp3) is 0.300. The number of nitrogens with zero attached hydrogens (tertiary/aromatic N) is 1. The summed E-state index contributed by atoms with van der Waals surface area (Å²) < 4.78 is 5.35. The van der Waals surface area contributed by atoms with Crippen LogP contribution in [0.25, 0.3) is 0 Å². The number of nitrogens with one attached hydrogen (secondary N) is 1. The van der Waals surface area contributed by atoms with Crippen molar-refractivity contribution < 1.29 is 14.3 Å². The maximum Gasteiger partial charge on any atom is 0.249 e. The summed E-state index contributed by atoms with van der Waals surface area (Å²) in [5, 5.41) is 2.71. The number of anilines is 1. The summed E-state index contributed by atoms with van der Waals surface area (Å²) in [4.78, 5) is 26.5. The SMILES string of the molecule is O=C(NCC(=O)N(Cc1ccccc1)c1ccccc1)C1CCCO1. The Balaban J connectivity index is 1.67. The molecule has 2 amide bonds. The maximum atomic E-state index is 12.7. The summed E-state index contributed by atoms with van der Waals surface area (Å²) in [6, 6.07) is 19.3. The average molecular weight is 338 g/mol. The van der Waals surface area contributed by atoms with Gasteiger partial charge in [0.25, 0.3) is 0 Å². The van der Waals surface area contributed by atoms with Gasteiger partial charge in [0.2, 0.25) is 11.8 Å². The van der Waals surface area contributed by atoms with Crippen molar-refractivity contribution in [1.82, 2.24) is 5.32 Å². The van der Waals surface area contributed by atoms with Crippen LogP contribution in [-0.2, 0) is 20.9 Å². The predicted octanol–water partition coefficient (Wildman–Crippen LogP) is 2.52. The normalized spacial score (nSPS) is 16.4. The minimum Gasteiger partial charge on any atom is -0.368 e. The molecule has 1 atom stereocenters. The average Bonchev–Trinajstić information content (AvgIpc) is 3.20. The monoisotopic (exact) mass is 338 g/mol. The van der Waals surface area contributed by atoms with Gasteiger partial charge < -0.3 is 15.0 Å². The summed E-state index contributed by atoms with van der Waals surface area (Å²) in [6.07, 6.45) is 1.18. The molecule has 3 rings (SSSR count). The molecule has 1 aliphatic rings. The van der Waals surface area contributed by atoms with Crippen LogP contribution in [0, 0.1) is 0 Å². The molecule has 130 valence electrons. The summed E-state index contributed by atoms with van der Waals surface area (Å²) in [6.45, 7) is 1.02. The Morgan fingerprint density at radius 1 is 1.04 bits per heavy atom. The molecule has 1 unspecified atom stereocenters. The molecule has 5 nitrogen and oxygen atoms in total. The van der Waals surface area contributed by atoms with Gasteiger partial charge in [0.1, 0.15) is 6.10 Å². The molecule has 0 radical (unpaired) electrons. The second-order valence-electron chi connectivity index (χ2n) is 6.02. The number of hydrogen-bond acceptors (Lipinski definition) is 3. The van der Waals surface area contributed by atoms with Crippen LogP contribution in [0.2, 0.25) is 0 Å². The molecule has 0 spiro atoms. The summed E-state index contributed by atoms with van der Waals surface area (Å²) in [7, 11) is 0. The number of rotatable bonds is 6. The molecular weight excluding hydrogens is 316 g/mol. The van der Waals surface area contributed by atoms with Gasteiger partial charge in [-0.05, 0) is 30.5 Å². The van der Waals surface area contributed by atoms with E-state index in [2.05, 4.69) is 5.32 Å². The van der Waals surface area contributed by atoms with Gasteiger partial charge in [-0.3, -0.25) is 9.59 Å². The number of carbonyl (C=O) groups is 2. The van der Waals surface area contributed by atoms with Gasteiger partial charge >= 0.3 is 0 Å². The van der Waals surface area contributed by atoms with E-state index in [0.717, 1.165) is 17.7 Å². The minimum atomic E-state index is -0.424. The van der Waals surface area contributed by atoms with Crippen LogP contribution >= 0.6 is 0 Å². The fourth-order valence-corrected chi connectivity index (χ4v) is 2.85. The highest BCUT2D eigenvalue weighted by Crippen LogP contribution is 2.17. The third kappa shape index (κ3) is 4.67. The van der Waals surface area contributed by atoms with E-state index in [1.54, 1.807) is 4.90 Å². The number of amides is 2. The molecule has 1 heterocycles. The van der Waals surface area contributed by atoms with Crippen LogP contribution in [0.3, 0.4) is 0 Å². The van der Waals surface area contributed by atoms with Crippen molar-refractivity contribution >= 4 is 17.5 Å². The first kappa shape index (κ1) is 17.2. The van der Waals surface area contributed by atoms with Crippen molar-refractivity contribution in [3.8, 4) is 0 Å². The van der Waals surface area contributed by atoms with Crippen LogP contribution in [0.1, 0.15) is 18.4 Å². The zero-order valence-electron chi connectivity index (χ0n) is 14.1. The summed E-state index contributed by atoms with van der Waals surface area (Å²) >= 11 is 0. The first-order valence-corrected chi connectivity index (χ1v) is 8.53. The lowest BCUT2D eigenvalue weighted by molar-refractivity contribution is -0.132. The Kier molecular flexibility index (Phi) is 5.80. The van der Waals surface area contributed by atoms with Crippen molar-refractivity contribution in [2.75, 3.05) is 18.1 Å². The lowest BCUT2D eigenvalue weighted by Gasteiger charge is -2.23. The number of carbonyl (C=O) groups excluding carboxylic acids is 2. The molecule has 1 saturated heterocycles. The van der Waals surface area contributed by atoms with E-state index in [9.17, 15) is 9.59 Å². The standard InChI is InChI=1S/C20H22N2O3/c23-19(14-21-20(24)18-12-7-13-25-18)22(17-10-5-2-6-11-17)15-16-8-3-1-4-9-16/h1-6,8-11,18H,7,12-15H2,(H,21,24). The van der Waals surface area contributed by atoms with Crippen LogP contribution < -0.4 is 10.2 Å². The Bertz CT molecular complexity index is 697. The first-order chi connectivity index (χ1) is 12.2. The molecular formula is C20H22N2O3. The third-order valence-corrected chi connectivity index (χ3v) is 4.19. The summed E-state index contributed by atoms with van der Waals surface area (Å²) in [5.74, 6) is -0.361. The van der Waals surface area contributed by atoms with E-state index >= 15 is 0 Å². The molecule has 5 heteroatoms. The van der Waals surface area contributed by atoms with Crippen molar-refractivity contribution in [3.05, 3.63) is 66.2 Å². The lowest BCUT2D eigenvalue weighted by atomic mass is 10.2. The Hall–Kier alpha value is -2.66. The van der Waals surface area contributed by atoms with E-state index in [0.29, 0.717) is 19.6 Å². The second kappa shape index (κ2) is 8.44. The van der Waals surface area contributed by atoms with Crippen LogP contribution in [0.15, 0.2) is 60.7 Å². The number of hydrogen-bond donors (Lipinski definition) is 1. The second-order valence-corrected chi connectivity index (χ2v) is 6.02. The van der Waals surface area contributed by atoms with Crippen LogP contribution in [0.4, 0.5) is 5.69 Å². The van der Waals surface area contributed by atoms with Crippen LogP contribution in [-0.4, -0.2) is 31.1 Å². The highest BCUT2D eigenvalue weighted by Gasteiger charge is 2.24. The fourth-order valence-electron chi connectivity index (χ4n) is 2.85. The molecule has 2 aromatic rings. The van der Waals surface area contributed by atoms with E-state index in [4.69, 9.17) is 4.74 Å². The molecule has 1 N–H and O–H groups in total. The van der Waals surface area contributed by atoms with E-state index < -0.39 is 6.10 Å². The maximum absolute atomic E-state index is 12.7. The van der Waals surface area contributed by atoms with Crippen molar-refractivity contribution in [3.63, 3.8) is 0 Å². The number of para-hydroxylation sites is 1. The van der Waals surface area contributed by atoms with E-state index in [-0.39, 0.29) is 18.4 Å². The molecule has 1 fully saturated rings. The quantitative estimate of drug-likeness (QED) is 0.880. The molecule has 0 aromatic heterocycles. The van der Waals surface area contributed by atoms with Gasteiger partial charge in [-0.25, -0.2) is 0 Å². The molecule has 25 heavy (non-hydrogen) atoms. The molecule has 1 aliphatic heterocycles. The van der Waals surface area contributed by atoms with Gasteiger partial charge in [0.05, 0.1) is 13.1 Å². The van der Waals surface area contributed by atoms with Gasteiger partial charge in [-0.15, -0.1) is 0 Å². The molecule has 0 aliphatic carbocycles. The van der Waals surface area contributed by atoms with Gasteiger partial charge in [-0.1, -0.05) is 48.5 Å². The van der Waals surface area contributed by atoms with Crippen LogP contribution in [0.5, 0.6) is 0 Å². The Labute approximate surface area is 147 Å². The third-order valence-electron chi connectivity index (χ3n) is 4.19. The van der Waals surface area contributed by atoms with Gasteiger partial charge in [0, 0.05) is 12.3 Å². The van der Waals surface area contributed by atoms with E-state index in [1.807, 2.05) is 60.7 Å². The highest BCUT2D eigenvalue weighted by atomic mass is 16.5. The van der Waals surface area contributed by atoms with Crippen molar-refractivity contribution in [1.29, 1.82) is 0 Å². The number of benzene rings is 2. The van der Waals surface area contributed by atoms with Gasteiger partial charge in [-0.2, -0.15) is 0 Å². The Morgan fingerprint density at radius 3 is 2.36 bits per heavy atom. The van der Waals surface area contributed by atoms with Gasteiger partial charge in [0.15, 0.2) is 0 Å². The first-order valence-electron chi connectivity index (χ1n) is 8.53. The summed E-state index contributed by atoms with van der Waals surface area (Å²) in [5.41, 5.74) is 1.84. The zero-order chi connectivity index (χ0) is 17.5. The lowest BCUT2D eigenvalue weighted by Crippen LogP contribution is -2.43. The predicted molar refractivity (Wildman–Crippen MR) is 96.1 cm³/mol. The zero-order valence-corrected chi connectivity index (χ0v) is 14.1. The largest absolute Gasteiger partial charge is 0.368 e. The molecule has 0 bridgehead atoms.